The van der Waals surface area contributed by atoms with Crippen LogP contribution in [0.2, 0.25) is 5.02 Å². The molecule has 0 aromatic heterocycles. The highest BCUT2D eigenvalue weighted by molar-refractivity contribution is 6.32. The monoisotopic (exact) mass is 402 g/mol. The van der Waals surface area contributed by atoms with Gasteiger partial charge in [-0.3, -0.25) is 4.79 Å². The van der Waals surface area contributed by atoms with Gasteiger partial charge in [0, 0.05) is 5.02 Å². The van der Waals surface area contributed by atoms with Crippen molar-refractivity contribution in [1.82, 2.24) is 0 Å². The Kier molecular flexibility index (Phi) is 5.45. The van der Waals surface area contributed by atoms with Crippen molar-refractivity contribution in [3.05, 3.63) is 101 Å². The second kappa shape index (κ2) is 8.33. The first-order valence-corrected chi connectivity index (χ1v) is 9.62. The fourth-order valence-electron chi connectivity index (χ4n) is 3.00. The SMILES string of the molecule is CC1=NN(c2ccccc2)C(=O)/C1=C/c1ccc(OCc2ccc(Cl)cc2)cc1. The Hall–Kier alpha value is -3.37. The third-order valence-corrected chi connectivity index (χ3v) is 4.83. The maximum atomic E-state index is 12.8. The van der Waals surface area contributed by atoms with Crippen LogP contribution in [0, 0.1) is 0 Å². The fraction of sp³-hybridized carbons (Fsp3) is 0.0833. The molecule has 29 heavy (non-hydrogen) atoms. The molecule has 0 aliphatic carbocycles. The normalized spacial score (nSPS) is 15.0. The molecule has 5 heteroatoms. The lowest BCUT2D eigenvalue weighted by atomic mass is 10.1. The molecule has 0 fully saturated rings. The topological polar surface area (TPSA) is 41.9 Å². The van der Waals surface area contributed by atoms with Gasteiger partial charge in [0.15, 0.2) is 0 Å². The predicted octanol–water partition coefficient (Wildman–Crippen LogP) is 5.73. The highest BCUT2D eigenvalue weighted by atomic mass is 35.5. The average Bonchev–Trinajstić information content (AvgIpc) is 3.03. The standard InChI is InChI=1S/C24H19ClN2O2/c1-17-23(24(28)27(26-17)21-5-3-2-4-6-21)15-18-9-13-22(14-10-18)29-16-19-7-11-20(25)12-8-19/h2-15H,16H2,1H3/b23-15+. The number of amides is 1. The van der Waals surface area contributed by atoms with Crippen LogP contribution in [0.4, 0.5) is 5.69 Å². The highest BCUT2D eigenvalue weighted by Crippen LogP contribution is 2.25. The molecule has 4 nitrogen and oxygen atoms in total. The molecule has 0 N–H and O–H groups in total. The number of rotatable bonds is 5. The number of ether oxygens (including phenoxy) is 1. The molecule has 0 bridgehead atoms. The van der Waals surface area contributed by atoms with Crippen molar-refractivity contribution >= 4 is 35.0 Å². The first-order chi connectivity index (χ1) is 14.1. The summed E-state index contributed by atoms with van der Waals surface area (Å²) in [7, 11) is 0. The van der Waals surface area contributed by atoms with E-state index in [2.05, 4.69) is 5.10 Å². The van der Waals surface area contributed by atoms with Crippen LogP contribution in [0.5, 0.6) is 5.75 Å². The zero-order valence-electron chi connectivity index (χ0n) is 15.9. The van der Waals surface area contributed by atoms with Crippen molar-refractivity contribution < 1.29 is 9.53 Å². The van der Waals surface area contributed by atoms with Crippen LogP contribution in [0.25, 0.3) is 6.08 Å². The van der Waals surface area contributed by atoms with Crippen LogP contribution in [-0.4, -0.2) is 11.6 Å². The first kappa shape index (κ1) is 19.0. The van der Waals surface area contributed by atoms with Crippen LogP contribution in [0.3, 0.4) is 0 Å². The maximum absolute atomic E-state index is 12.8. The minimum absolute atomic E-state index is 0.128. The Balaban J connectivity index is 1.45. The Morgan fingerprint density at radius 3 is 2.34 bits per heavy atom. The lowest BCUT2D eigenvalue weighted by Gasteiger charge is -2.11. The summed E-state index contributed by atoms with van der Waals surface area (Å²) >= 11 is 5.90. The van der Waals surface area contributed by atoms with Crippen LogP contribution in [0.1, 0.15) is 18.1 Å². The number of hydrazone groups is 1. The molecule has 1 amide bonds. The van der Waals surface area contributed by atoms with Gasteiger partial charge in [0.1, 0.15) is 12.4 Å². The molecule has 1 aliphatic rings. The minimum atomic E-state index is -0.128. The highest BCUT2D eigenvalue weighted by Gasteiger charge is 2.28. The van der Waals surface area contributed by atoms with Gasteiger partial charge < -0.3 is 4.74 Å². The third kappa shape index (κ3) is 4.39. The van der Waals surface area contributed by atoms with Crippen LogP contribution >= 0.6 is 11.6 Å². The van der Waals surface area contributed by atoms with E-state index in [-0.39, 0.29) is 5.91 Å². The molecule has 1 aliphatic heterocycles. The van der Waals surface area contributed by atoms with Crippen molar-refractivity contribution in [2.45, 2.75) is 13.5 Å². The van der Waals surface area contributed by atoms with Gasteiger partial charge in [-0.15, -0.1) is 0 Å². The number of halogens is 1. The second-order valence-electron chi connectivity index (χ2n) is 6.68. The molecule has 3 aromatic rings. The van der Waals surface area contributed by atoms with Crippen molar-refractivity contribution in [3.8, 4) is 5.75 Å². The van der Waals surface area contributed by atoms with Crippen molar-refractivity contribution in [2.75, 3.05) is 5.01 Å². The summed E-state index contributed by atoms with van der Waals surface area (Å²) in [6.45, 7) is 2.31. The van der Waals surface area contributed by atoms with Gasteiger partial charge >= 0.3 is 0 Å². The van der Waals surface area contributed by atoms with Gasteiger partial charge in [-0.25, -0.2) is 0 Å². The summed E-state index contributed by atoms with van der Waals surface area (Å²) in [5.74, 6) is 0.632. The predicted molar refractivity (Wildman–Crippen MR) is 117 cm³/mol. The fourth-order valence-corrected chi connectivity index (χ4v) is 3.13. The molecule has 0 atom stereocenters. The van der Waals surface area contributed by atoms with Crippen molar-refractivity contribution in [1.29, 1.82) is 0 Å². The van der Waals surface area contributed by atoms with Gasteiger partial charge in [0.2, 0.25) is 0 Å². The maximum Gasteiger partial charge on any atom is 0.280 e. The van der Waals surface area contributed by atoms with Crippen LogP contribution < -0.4 is 9.75 Å². The zero-order valence-corrected chi connectivity index (χ0v) is 16.6. The summed E-state index contributed by atoms with van der Waals surface area (Å²) in [5, 5.41) is 6.54. The van der Waals surface area contributed by atoms with Crippen LogP contribution in [-0.2, 0) is 11.4 Å². The number of carbonyl (C=O) groups excluding carboxylic acids is 1. The number of nitrogens with zero attached hydrogens (tertiary/aromatic N) is 2. The number of anilines is 1. The van der Waals surface area contributed by atoms with Gasteiger partial charge in [-0.1, -0.05) is 54.1 Å². The summed E-state index contributed by atoms with van der Waals surface area (Å²) in [5.41, 5.74) is 4.00. The molecule has 0 saturated carbocycles. The van der Waals surface area contributed by atoms with E-state index in [1.807, 2.05) is 91.9 Å². The van der Waals surface area contributed by atoms with E-state index in [0.717, 1.165) is 22.6 Å². The minimum Gasteiger partial charge on any atom is -0.489 e. The van der Waals surface area contributed by atoms with E-state index in [0.29, 0.717) is 22.9 Å². The quantitative estimate of drug-likeness (QED) is 0.512. The molecule has 0 radical (unpaired) electrons. The van der Waals surface area contributed by atoms with Gasteiger partial charge in [0.05, 0.1) is 17.0 Å². The average molecular weight is 403 g/mol. The molecule has 0 spiro atoms. The summed E-state index contributed by atoms with van der Waals surface area (Å²) in [6, 6.07) is 24.6. The zero-order chi connectivity index (χ0) is 20.2. The summed E-state index contributed by atoms with van der Waals surface area (Å²) in [6.07, 6.45) is 1.85. The van der Waals surface area contributed by atoms with Gasteiger partial charge in [0.25, 0.3) is 5.91 Å². The number of hydrogen-bond acceptors (Lipinski definition) is 3. The van der Waals surface area contributed by atoms with Crippen molar-refractivity contribution in [2.24, 2.45) is 5.10 Å². The second-order valence-corrected chi connectivity index (χ2v) is 7.12. The van der Waals surface area contributed by atoms with E-state index in [1.54, 1.807) is 0 Å². The van der Waals surface area contributed by atoms with Gasteiger partial charge in [-0.05, 0) is 60.5 Å². The molecule has 3 aromatic carbocycles. The summed E-state index contributed by atoms with van der Waals surface area (Å²) in [4.78, 5) is 12.8. The Morgan fingerprint density at radius 2 is 1.66 bits per heavy atom. The van der Waals surface area contributed by atoms with Crippen LogP contribution in [0.15, 0.2) is 89.5 Å². The molecule has 4 rings (SSSR count). The van der Waals surface area contributed by atoms with E-state index < -0.39 is 0 Å². The molecular formula is C24H19ClN2O2. The van der Waals surface area contributed by atoms with E-state index in [4.69, 9.17) is 16.3 Å². The van der Waals surface area contributed by atoms with E-state index in [9.17, 15) is 4.79 Å². The lowest BCUT2D eigenvalue weighted by Crippen LogP contribution is -2.21. The van der Waals surface area contributed by atoms with Gasteiger partial charge in [-0.2, -0.15) is 10.1 Å². The van der Waals surface area contributed by atoms with E-state index in [1.165, 1.54) is 5.01 Å². The lowest BCUT2D eigenvalue weighted by molar-refractivity contribution is -0.114. The van der Waals surface area contributed by atoms with Crippen molar-refractivity contribution in [3.63, 3.8) is 0 Å². The number of carbonyl (C=O) groups is 1. The molecule has 1 heterocycles. The number of para-hydroxylation sites is 1. The first-order valence-electron chi connectivity index (χ1n) is 9.24. The molecule has 0 unspecified atom stereocenters. The molecular weight excluding hydrogens is 384 g/mol. The largest absolute Gasteiger partial charge is 0.489 e. The summed E-state index contributed by atoms with van der Waals surface area (Å²) < 4.78 is 5.81. The molecule has 144 valence electrons. The molecule has 0 saturated heterocycles. The number of benzene rings is 3. The third-order valence-electron chi connectivity index (χ3n) is 4.57. The van der Waals surface area contributed by atoms with E-state index >= 15 is 0 Å². The Bertz CT molecular complexity index is 1070. The number of hydrogen-bond donors (Lipinski definition) is 0. The smallest absolute Gasteiger partial charge is 0.280 e. The Morgan fingerprint density at radius 1 is 0.966 bits per heavy atom. The Labute approximate surface area is 174 Å².